The first-order valence-electron chi connectivity index (χ1n) is 23.3. The van der Waals surface area contributed by atoms with E-state index in [0.717, 1.165) is 50.5 Å². The highest BCUT2D eigenvalue weighted by molar-refractivity contribution is 6.12. The summed E-state index contributed by atoms with van der Waals surface area (Å²) in [7, 11) is 0. The van der Waals surface area contributed by atoms with Crippen molar-refractivity contribution in [1.82, 2.24) is 4.57 Å². The molecule has 1 spiro atoms. The van der Waals surface area contributed by atoms with Crippen LogP contribution in [-0.2, 0) is 5.41 Å². The van der Waals surface area contributed by atoms with Crippen molar-refractivity contribution in [3.05, 3.63) is 277 Å². The fourth-order valence-corrected chi connectivity index (χ4v) is 11.9. The molecule has 0 fully saturated rings. The van der Waals surface area contributed by atoms with Crippen LogP contribution < -0.4 is 4.90 Å². The highest BCUT2D eigenvalue weighted by Crippen LogP contribution is 2.63. The molecule has 11 aromatic carbocycles. The first-order chi connectivity index (χ1) is 33.3. The van der Waals surface area contributed by atoms with E-state index in [1.54, 1.807) is 0 Å². The summed E-state index contributed by atoms with van der Waals surface area (Å²) >= 11 is 0. The molecule has 2 nitrogen and oxygen atoms in total. The average molecular weight is 851 g/mol. The summed E-state index contributed by atoms with van der Waals surface area (Å²) in [4.78, 5) is 2.55. The number of nitrogens with zero attached hydrogens (tertiary/aromatic N) is 2. The van der Waals surface area contributed by atoms with Gasteiger partial charge in [0, 0.05) is 39.0 Å². The molecule has 0 amide bonds. The van der Waals surface area contributed by atoms with Crippen LogP contribution >= 0.6 is 0 Å². The van der Waals surface area contributed by atoms with Gasteiger partial charge in [0.25, 0.3) is 0 Å². The standard InChI is InChI=1S/C65H42N2/c1-4-19-43(20-5-1)49-30-18-31-50(44-21-6-2-7-22-44)64(49)66(48-38-40-55-54-29-12-15-36-61(54)67(62(55)42-48)46-25-8-3-9-26-46)47-37-39-53-51-27-10-13-33-57(51)65(60(53)41-47)58-34-14-11-28-52(58)56-32-16-23-45-24-17-35-59(65)63(45)56/h1-42H. The van der Waals surface area contributed by atoms with Crippen LogP contribution in [0.1, 0.15) is 22.3 Å². The number of hydrogen-bond acceptors (Lipinski definition) is 1. The predicted octanol–water partition coefficient (Wildman–Crippen LogP) is 17.1. The lowest BCUT2D eigenvalue weighted by Crippen LogP contribution is -2.32. The Balaban J connectivity index is 1.12. The van der Waals surface area contributed by atoms with Gasteiger partial charge in [0.2, 0.25) is 0 Å². The second-order valence-electron chi connectivity index (χ2n) is 17.9. The molecular weight excluding hydrogens is 809 g/mol. The topological polar surface area (TPSA) is 8.17 Å². The first kappa shape index (κ1) is 37.6. The fourth-order valence-electron chi connectivity index (χ4n) is 11.9. The van der Waals surface area contributed by atoms with Crippen LogP contribution in [0.5, 0.6) is 0 Å². The zero-order valence-corrected chi connectivity index (χ0v) is 36.6. The quantitative estimate of drug-likeness (QED) is 0.162. The molecule has 312 valence electrons. The van der Waals surface area contributed by atoms with Crippen molar-refractivity contribution in [2.24, 2.45) is 0 Å². The van der Waals surface area contributed by atoms with E-state index in [9.17, 15) is 0 Å². The van der Waals surface area contributed by atoms with E-state index in [1.165, 1.54) is 71.6 Å². The minimum Gasteiger partial charge on any atom is -0.309 e. The van der Waals surface area contributed by atoms with Gasteiger partial charge in [-0.25, -0.2) is 0 Å². The van der Waals surface area contributed by atoms with Crippen molar-refractivity contribution >= 4 is 49.6 Å². The Labute approximate surface area is 389 Å². The van der Waals surface area contributed by atoms with E-state index in [2.05, 4.69) is 264 Å². The molecule has 2 aliphatic rings. The average Bonchev–Trinajstić information content (AvgIpc) is 3.89. The summed E-state index contributed by atoms with van der Waals surface area (Å²) in [5, 5.41) is 5.04. The molecule has 0 N–H and O–H groups in total. The molecule has 67 heavy (non-hydrogen) atoms. The number of anilines is 3. The Morgan fingerprint density at radius 3 is 1.52 bits per heavy atom. The highest BCUT2D eigenvalue weighted by atomic mass is 15.2. The minimum absolute atomic E-state index is 0.567. The Morgan fingerprint density at radius 2 is 0.806 bits per heavy atom. The van der Waals surface area contributed by atoms with Crippen LogP contribution in [0.3, 0.4) is 0 Å². The highest BCUT2D eigenvalue weighted by Gasteiger charge is 2.50. The van der Waals surface area contributed by atoms with Crippen molar-refractivity contribution in [1.29, 1.82) is 0 Å². The molecule has 1 unspecified atom stereocenters. The monoisotopic (exact) mass is 850 g/mol. The summed E-state index contributed by atoms with van der Waals surface area (Å²) in [5.41, 5.74) is 21.3. The molecule has 2 aliphatic carbocycles. The van der Waals surface area contributed by atoms with Crippen LogP contribution in [0.25, 0.3) is 82.8 Å². The Morgan fingerprint density at radius 1 is 0.313 bits per heavy atom. The van der Waals surface area contributed by atoms with Gasteiger partial charge in [-0.05, 0) is 109 Å². The summed E-state index contributed by atoms with van der Waals surface area (Å²) < 4.78 is 2.43. The van der Waals surface area contributed by atoms with E-state index in [4.69, 9.17) is 0 Å². The SMILES string of the molecule is c1ccc(-c2cccc(-c3ccccc3)c2N(c2ccc3c(c2)C2(c4ccccc4-3)c3ccccc3-c3cccc4cccc2c34)c2ccc3c4ccccc4n(-c4ccccc4)c3c2)cc1. The van der Waals surface area contributed by atoms with Crippen molar-refractivity contribution in [3.8, 4) is 50.2 Å². The molecule has 14 rings (SSSR count). The van der Waals surface area contributed by atoms with Gasteiger partial charge in [0.15, 0.2) is 0 Å². The van der Waals surface area contributed by atoms with E-state index in [1.807, 2.05) is 0 Å². The maximum Gasteiger partial charge on any atom is 0.0726 e. The largest absolute Gasteiger partial charge is 0.309 e. The summed E-state index contributed by atoms with van der Waals surface area (Å²) in [6.07, 6.45) is 0. The lowest BCUT2D eigenvalue weighted by atomic mass is 9.61. The third kappa shape index (κ3) is 5.39. The summed E-state index contributed by atoms with van der Waals surface area (Å²) in [6, 6.07) is 94.6. The van der Waals surface area contributed by atoms with Gasteiger partial charge in [-0.15, -0.1) is 0 Å². The van der Waals surface area contributed by atoms with Gasteiger partial charge in [0.1, 0.15) is 0 Å². The van der Waals surface area contributed by atoms with Crippen LogP contribution in [-0.4, -0.2) is 4.57 Å². The molecule has 1 atom stereocenters. The number of fused-ring (bicyclic) bond motifs is 12. The van der Waals surface area contributed by atoms with Gasteiger partial charge in [-0.1, -0.05) is 212 Å². The molecular formula is C65H42N2. The Bertz CT molecular complexity index is 3860. The maximum absolute atomic E-state index is 2.55. The van der Waals surface area contributed by atoms with E-state index < -0.39 is 5.41 Å². The van der Waals surface area contributed by atoms with Gasteiger partial charge in [-0.3, -0.25) is 0 Å². The van der Waals surface area contributed by atoms with Crippen LogP contribution in [0.4, 0.5) is 17.1 Å². The maximum atomic E-state index is 2.55. The third-order valence-electron chi connectivity index (χ3n) is 14.6. The molecule has 0 aliphatic heterocycles. The summed E-state index contributed by atoms with van der Waals surface area (Å²) in [6.45, 7) is 0. The molecule has 0 radical (unpaired) electrons. The lowest BCUT2D eigenvalue weighted by molar-refractivity contribution is 0.773. The molecule has 0 saturated heterocycles. The van der Waals surface area contributed by atoms with Crippen LogP contribution in [0.15, 0.2) is 255 Å². The second kappa shape index (κ2) is 14.7. The summed E-state index contributed by atoms with van der Waals surface area (Å²) in [5.74, 6) is 0. The normalized spacial score (nSPS) is 14.3. The van der Waals surface area contributed by atoms with Gasteiger partial charge < -0.3 is 9.47 Å². The van der Waals surface area contributed by atoms with Crippen LogP contribution in [0.2, 0.25) is 0 Å². The van der Waals surface area contributed by atoms with Crippen molar-refractivity contribution in [3.63, 3.8) is 0 Å². The Hall–Kier alpha value is -8.72. The molecule has 12 aromatic rings. The third-order valence-corrected chi connectivity index (χ3v) is 14.6. The number of para-hydroxylation sites is 3. The smallest absolute Gasteiger partial charge is 0.0726 e. The fraction of sp³-hybridized carbons (Fsp3) is 0.0154. The zero-order chi connectivity index (χ0) is 44.1. The minimum atomic E-state index is -0.567. The number of benzene rings is 11. The number of hydrogen-bond donors (Lipinski definition) is 0. The van der Waals surface area contributed by atoms with E-state index in [-0.39, 0.29) is 0 Å². The molecule has 0 saturated carbocycles. The van der Waals surface area contributed by atoms with E-state index in [0.29, 0.717) is 0 Å². The van der Waals surface area contributed by atoms with Gasteiger partial charge in [-0.2, -0.15) is 0 Å². The first-order valence-corrected chi connectivity index (χ1v) is 23.3. The second-order valence-corrected chi connectivity index (χ2v) is 17.9. The van der Waals surface area contributed by atoms with Crippen LogP contribution in [0, 0.1) is 0 Å². The molecule has 2 heteroatoms. The van der Waals surface area contributed by atoms with Gasteiger partial charge >= 0.3 is 0 Å². The van der Waals surface area contributed by atoms with E-state index >= 15 is 0 Å². The molecule has 0 bridgehead atoms. The Kier molecular flexibility index (Phi) is 8.23. The molecule has 1 heterocycles. The predicted molar refractivity (Wildman–Crippen MR) is 280 cm³/mol. The lowest BCUT2D eigenvalue weighted by Gasteiger charge is -2.40. The van der Waals surface area contributed by atoms with Gasteiger partial charge in [0.05, 0.1) is 22.1 Å². The number of aromatic nitrogens is 1. The van der Waals surface area contributed by atoms with Crippen molar-refractivity contribution < 1.29 is 0 Å². The van der Waals surface area contributed by atoms with Crippen molar-refractivity contribution in [2.75, 3.05) is 4.90 Å². The molecule has 1 aromatic heterocycles. The number of rotatable bonds is 6. The van der Waals surface area contributed by atoms with Crippen molar-refractivity contribution in [2.45, 2.75) is 5.41 Å². The zero-order valence-electron chi connectivity index (χ0n) is 36.6.